The highest BCUT2D eigenvalue weighted by Crippen LogP contribution is 2.06. The second-order valence-electron chi connectivity index (χ2n) is 2.72. The van der Waals surface area contributed by atoms with E-state index in [0.29, 0.717) is 6.42 Å². The number of carbonyl (C=O) groups excluding carboxylic acids is 1. The third kappa shape index (κ3) is 3.23. The minimum absolute atomic E-state index is 0.0707. The first kappa shape index (κ1) is 10.7. The molecule has 2 atom stereocenters. The second kappa shape index (κ2) is 4.58. The zero-order valence-electron chi connectivity index (χ0n) is 7.20. The standard InChI is InChI=1S/C7H14N2O3/c1-3-4(2)5(6(8)10)9-7(11)12/h4-5,9H,3H2,1-2H3,(H2,8,10)(H,11,12). The van der Waals surface area contributed by atoms with Crippen LogP contribution in [-0.2, 0) is 4.79 Å². The number of carboxylic acid groups (broad SMARTS) is 1. The number of hydrogen-bond donors (Lipinski definition) is 3. The zero-order chi connectivity index (χ0) is 9.72. The Morgan fingerprint density at radius 3 is 2.33 bits per heavy atom. The Balaban J connectivity index is 4.22. The van der Waals surface area contributed by atoms with Gasteiger partial charge in [-0.25, -0.2) is 4.79 Å². The Bertz CT molecular complexity index is 181. The number of carbonyl (C=O) groups is 2. The Morgan fingerprint density at radius 1 is 1.58 bits per heavy atom. The molecule has 2 amide bonds. The molecule has 0 fully saturated rings. The molecule has 70 valence electrons. The summed E-state index contributed by atoms with van der Waals surface area (Å²) in [6, 6.07) is -0.785. The SMILES string of the molecule is CCC(C)C(NC(=O)O)C(N)=O. The van der Waals surface area contributed by atoms with Gasteiger partial charge in [-0.2, -0.15) is 0 Å². The van der Waals surface area contributed by atoms with Crippen LogP contribution in [0.4, 0.5) is 4.79 Å². The number of primary amides is 1. The Labute approximate surface area is 70.9 Å². The van der Waals surface area contributed by atoms with Crippen LogP contribution in [0.2, 0.25) is 0 Å². The van der Waals surface area contributed by atoms with E-state index < -0.39 is 18.0 Å². The number of nitrogens with two attached hydrogens (primary N) is 1. The molecule has 0 aromatic carbocycles. The highest BCUT2D eigenvalue weighted by Gasteiger charge is 2.22. The largest absolute Gasteiger partial charge is 0.465 e. The molecule has 0 saturated heterocycles. The fourth-order valence-electron chi connectivity index (χ4n) is 0.863. The highest BCUT2D eigenvalue weighted by atomic mass is 16.4. The van der Waals surface area contributed by atoms with Gasteiger partial charge in [0.1, 0.15) is 6.04 Å². The van der Waals surface area contributed by atoms with E-state index in [1.165, 1.54) is 0 Å². The van der Waals surface area contributed by atoms with Crippen LogP contribution in [0.15, 0.2) is 0 Å². The van der Waals surface area contributed by atoms with Crippen LogP contribution in [0.1, 0.15) is 20.3 Å². The van der Waals surface area contributed by atoms with E-state index in [-0.39, 0.29) is 5.92 Å². The number of rotatable bonds is 4. The molecule has 0 aliphatic carbocycles. The fraction of sp³-hybridized carbons (Fsp3) is 0.714. The quantitative estimate of drug-likeness (QED) is 0.566. The maximum Gasteiger partial charge on any atom is 0.405 e. The summed E-state index contributed by atoms with van der Waals surface area (Å²) in [5.74, 6) is -0.703. The lowest BCUT2D eigenvalue weighted by Crippen LogP contribution is -2.47. The van der Waals surface area contributed by atoms with Gasteiger partial charge in [-0.05, 0) is 5.92 Å². The average molecular weight is 174 g/mol. The summed E-state index contributed by atoms with van der Waals surface area (Å²) in [7, 11) is 0. The third-order valence-corrected chi connectivity index (χ3v) is 1.80. The number of hydrogen-bond acceptors (Lipinski definition) is 2. The monoisotopic (exact) mass is 174 g/mol. The Hall–Kier alpha value is -1.26. The van der Waals surface area contributed by atoms with Crippen LogP contribution < -0.4 is 11.1 Å². The van der Waals surface area contributed by atoms with Gasteiger partial charge in [-0.3, -0.25) is 4.79 Å². The van der Waals surface area contributed by atoms with Crippen molar-refractivity contribution < 1.29 is 14.7 Å². The van der Waals surface area contributed by atoms with Crippen LogP contribution in [0, 0.1) is 5.92 Å². The molecule has 0 aliphatic heterocycles. The zero-order valence-corrected chi connectivity index (χ0v) is 7.20. The van der Waals surface area contributed by atoms with Crippen molar-refractivity contribution in [2.45, 2.75) is 26.3 Å². The molecular weight excluding hydrogens is 160 g/mol. The third-order valence-electron chi connectivity index (χ3n) is 1.80. The topological polar surface area (TPSA) is 92.4 Å². The summed E-state index contributed by atoms with van der Waals surface area (Å²) in [5, 5.41) is 10.4. The lowest BCUT2D eigenvalue weighted by molar-refractivity contribution is -0.121. The van der Waals surface area contributed by atoms with Crippen molar-refractivity contribution >= 4 is 12.0 Å². The van der Waals surface area contributed by atoms with Crippen molar-refractivity contribution in [1.29, 1.82) is 0 Å². The van der Waals surface area contributed by atoms with Crippen LogP contribution in [0.5, 0.6) is 0 Å². The normalized spacial score (nSPS) is 14.8. The predicted molar refractivity (Wildman–Crippen MR) is 43.6 cm³/mol. The predicted octanol–water partition coefficient (Wildman–Crippen LogP) is 0.154. The summed E-state index contributed by atoms with van der Waals surface area (Å²) in [5.41, 5.74) is 5.00. The van der Waals surface area contributed by atoms with Crippen molar-refractivity contribution in [3.63, 3.8) is 0 Å². The smallest absolute Gasteiger partial charge is 0.405 e. The first-order valence-electron chi connectivity index (χ1n) is 3.77. The van der Waals surface area contributed by atoms with E-state index in [1.807, 2.05) is 6.92 Å². The first-order valence-corrected chi connectivity index (χ1v) is 3.77. The fourth-order valence-corrected chi connectivity index (χ4v) is 0.863. The van der Waals surface area contributed by atoms with Crippen molar-refractivity contribution in [2.24, 2.45) is 11.7 Å². The van der Waals surface area contributed by atoms with Crippen molar-refractivity contribution in [1.82, 2.24) is 5.32 Å². The highest BCUT2D eigenvalue weighted by molar-refractivity contribution is 5.83. The molecule has 0 bridgehead atoms. The molecule has 0 spiro atoms. The van der Waals surface area contributed by atoms with Gasteiger partial charge in [-0.1, -0.05) is 20.3 Å². The van der Waals surface area contributed by atoms with E-state index >= 15 is 0 Å². The minimum Gasteiger partial charge on any atom is -0.465 e. The maximum absolute atomic E-state index is 10.7. The number of amides is 2. The molecule has 0 aliphatic rings. The van der Waals surface area contributed by atoms with Crippen molar-refractivity contribution in [3.8, 4) is 0 Å². The van der Waals surface area contributed by atoms with Gasteiger partial charge in [0, 0.05) is 0 Å². The summed E-state index contributed by atoms with van der Waals surface area (Å²) < 4.78 is 0. The van der Waals surface area contributed by atoms with Gasteiger partial charge in [0.15, 0.2) is 0 Å². The number of nitrogens with one attached hydrogen (secondary N) is 1. The van der Waals surface area contributed by atoms with Crippen molar-refractivity contribution in [3.05, 3.63) is 0 Å². The van der Waals surface area contributed by atoms with Gasteiger partial charge in [0.25, 0.3) is 0 Å². The molecule has 0 aromatic rings. The molecule has 5 nitrogen and oxygen atoms in total. The van der Waals surface area contributed by atoms with Gasteiger partial charge in [0.05, 0.1) is 0 Å². The van der Waals surface area contributed by atoms with E-state index in [9.17, 15) is 9.59 Å². The average Bonchev–Trinajstić information content (AvgIpc) is 1.98. The second-order valence-corrected chi connectivity index (χ2v) is 2.72. The molecule has 12 heavy (non-hydrogen) atoms. The summed E-state index contributed by atoms with van der Waals surface area (Å²) in [6.07, 6.45) is -0.521. The lowest BCUT2D eigenvalue weighted by Gasteiger charge is -2.18. The van der Waals surface area contributed by atoms with Gasteiger partial charge >= 0.3 is 6.09 Å². The van der Waals surface area contributed by atoms with E-state index in [1.54, 1.807) is 6.92 Å². The summed E-state index contributed by atoms with van der Waals surface area (Å²) in [4.78, 5) is 20.9. The Morgan fingerprint density at radius 2 is 2.08 bits per heavy atom. The van der Waals surface area contributed by atoms with Gasteiger partial charge < -0.3 is 16.2 Å². The lowest BCUT2D eigenvalue weighted by atomic mass is 9.99. The molecule has 4 N–H and O–H groups in total. The summed E-state index contributed by atoms with van der Waals surface area (Å²) in [6.45, 7) is 3.63. The van der Waals surface area contributed by atoms with E-state index in [0.717, 1.165) is 0 Å². The van der Waals surface area contributed by atoms with Crippen molar-refractivity contribution in [2.75, 3.05) is 0 Å². The van der Waals surface area contributed by atoms with E-state index in [4.69, 9.17) is 10.8 Å². The molecule has 2 unspecified atom stereocenters. The van der Waals surface area contributed by atoms with Crippen LogP contribution >= 0.6 is 0 Å². The Kier molecular flexibility index (Phi) is 4.10. The maximum atomic E-state index is 10.7. The van der Waals surface area contributed by atoms with Crippen LogP contribution in [0.3, 0.4) is 0 Å². The first-order chi connectivity index (χ1) is 5.49. The molecule has 5 heteroatoms. The molecule has 0 saturated carbocycles. The van der Waals surface area contributed by atoms with Gasteiger partial charge in [0.2, 0.25) is 5.91 Å². The van der Waals surface area contributed by atoms with Gasteiger partial charge in [-0.15, -0.1) is 0 Å². The van der Waals surface area contributed by atoms with E-state index in [2.05, 4.69) is 5.32 Å². The molecular formula is C7H14N2O3. The van der Waals surface area contributed by atoms with Crippen LogP contribution in [-0.4, -0.2) is 23.1 Å². The molecule has 0 heterocycles. The molecule has 0 radical (unpaired) electrons. The van der Waals surface area contributed by atoms with Crippen LogP contribution in [0.25, 0.3) is 0 Å². The summed E-state index contributed by atoms with van der Waals surface area (Å²) >= 11 is 0. The molecule has 0 aromatic heterocycles. The molecule has 0 rings (SSSR count). The minimum atomic E-state index is -1.22.